The maximum absolute atomic E-state index is 13.5. The molecule has 0 heterocycles. The van der Waals surface area contributed by atoms with E-state index in [0.717, 1.165) is 19.2 Å². The number of benzene rings is 4. The van der Waals surface area contributed by atoms with Crippen molar-refractivity contribution in [2.45, 2.75) is 17.4 Å². The molecule has 4 rings (SSSR count). The van der Waals surface area contributed by atoms with Crippen LogP contribution < -0.4 is 10.0 Å². The molecule has 2 N–H and O–H groups in total. The molecule has 39 heavy (non-hydrogen) atoms. The highest BCUT2D eigenvalue weighted by atomic mass is 127. The van der Waals surface area contributed by atoms with Crippen LogP contribution >= 0.6 is 38.5 Å². The van der Waals surface area contributed by atoms with E-state index in [1.54, 1.807) is 24.3 Å². The fraction of sp³-hybridized carbons (Fsp3) is 0.103. The molecule has 4 aromatic rings. The molecule has 200 valence electrons. The Balaban J connectivity index is 1.62. The van der Waals surface area contributed by atoms with Gasteiger partial charge in [0.05, 0.1) is 35.7 Å². The van der Waals surface area contributed by atoms with Crippen molar-refractivity contribution < 1.29 is 22.7 Å². The summed E-state index contributed by atoms with van der Waals surface area (Å²) in [5, 5.41) is 2.89. The van der Waals surface area contributed by atoms with Crippen LogP contribution in [0.5, 0.6) is 0 Å². The zero-order chi connectivity index (χ0) is 28.0. The van der Waals surface area contributed by atoms with Gasteiger partial charge in [0.25, 0.3) is 15.9 Å². The van der Waals surface area contributed by atoms with Crippen LogP contribution in [0.1, 0.15) is 28.4 Å². The van der Waals surface area contributed by atoms with Gasteiger partial charge in [-0.1, -0.05) is 70.5 Å². The van der Waals surface area contributed by atoms with Crippen molar-refractivity contribution in [1.82, 2.24) is 5.32 Å². The molecule has 1 amide bonds. The first-order chi connectivity index (χ1) is 18.7. The van der Waals surface area contributed by atoms with Crippen LogP contribution in [-0.4, -0.2) is 27.4 Å². The summed E-state index contributed by atoms with van der Waals surface area (Å²) in [6, 6.07) is 27.7. The van der Waals surface area contributed by atoms with Gasteiger partial charge in [-0.05, 0) is 81.7 Å². The van der Waals surface area contributed by atoms with E-state index in [2.05, 4.69) is 48.6 Å². The standard InChI is InChI=1S/C29H24BrIN2O5S/c1-38-28(34)18-27(21-9-7-20(8-10-21)19-5-3-2-4-6-19)32-29(35)25-17-23(31)13-16-26(25)33-39(36,37)24-14-11-22(30)12-15-24/h2-17,27,33H,18H2,1H3,(H,32,35). The number of carbonyl (C=O) groups is 2. The predicted octanol–water partition coefficient (Wildman–Crippen LogP) is 6.56. The molecule has 7 nitrogen and oxygen atoms in total. The number of rotatable bonds is 9. The number of methoxy groups -OCH3 is 1. The first kappa shape index (κ1) is 28.8. The van der Waals surface area contributed by atoms with Gasteiger partial charge >= 0.3 is 5.97 Å². The largest absolute Gasteiger partial charge is 0.469 e. The predicted molar refractivity (Wildman–Crippen MR) is 163 cm³/mol. The molecule has 0 saturated heterocycles. The van der Waals surface area contributed by atoms with E-state index in [1.165, 1.54) is 25.3 Å². The molecule has 0 bridgehead atoms. The summed E-state index contributed by atoms with van der Waals surface area (Å²) in [6.45, 7) is 0. The minimum Gasteiger partial charge on any atom is -0.469 e. The number of halogens is 2. The summed E-state index contributed by atoms with van der Waals surface area (Å²) in [5.41, 5.74) is 2.98. The number of amides is 1. The fourth-order valence-electron chi connectivity index (χ4n) is 3.89. The van der Waals surface area contributed by atoms with Crippen molar-refractivity contribution in [1.29, 1.82) is 0 Å². The third kappa shape index (κ3) is 7.46. The van der Waals surface area contributed by atoms with Gasteiger partial charge in [-0.25, -0.2) is 8.42 Å². The summed E-state index contributed by atoms with van der Waals surface area (Å²) in [6.07, 6.45) is -0.100. The van der Waals surface area contributed by atoms with Gasteiger partial charge in [0.2, 0.25) is 0 Å². The number of hydrogen-bond acceptors (Lipinski definition) is 5. The van der Waals surface area contributed by atoms with Gasteiger partial charge < -0.3 is 10.1 Å². The number of nitrogens with one attached hydrogen (secondary N) is 2. The number of sulfonamides is 1. The van der Waals surface area contributed by atoms with Crippen LogP contribution in [0.25, 0.3) is 11.1 Å². The summed E-state index contributed by atoms with van der Waals surface area (Å²) in [5.74, 6) is -1.03. The number of esters is 1. The number of ether oxygens (including phenoxy) is 1. The molecule has 0 aliphatic rings. The molecule has 0 radical (unpaired) electrons. The van der Waals surface area contributed by atoms with Gasteiger partial charge in [-0.15, -0.1) is 0 Å². The first-order valence-electron chi connectivity index (χ1n) is 11.8. The van der Waals surface area contributed by atoms with Crippen molar-refractivity contribution in [3.8, 4) is 11.1 Å². The molecule has 0 aliphatic heterocycles. The van der Waals surface area contributed by atoms with Crippen LogP contribution in [0.3, 0.4) is 0 Å². The highest BCUT2D eigenvalue weighted by Crippen LogP contribution is 2.27. The van der Waals surface area contributed by atoms with E-state index in [-0.39, 0.29) is 22.6 Å². The Morgan fingerprint density at radius 3 is 2.18 bits per heavy atom. The second-order valence-corrected chi connectivity index (χ2v) is 12.4. The topological polar surface area (TPSA) is 102 Å². The quantitative estimate of drug-likeness (QED) is 0.151. The van der Waals surface area contributed by atoms with E-state index in [0.29, 0.717) is 5.56 Å². The van der Waals surface area contributed by atoms with Crippen LogP contribution in [0.15, 0.2) is 106 Å². The van der Waals surface area contributed by atoms with Gasteiger partial charge in [0.1, 0.15) is 0 Å². The van der Waals surface area contributed by atoms with E-state index in [1.807, 2.05) is 54.6 Å². The highest BCUT2D eigenvalue weighted by Gasteiger charge is 2.24. The van der Waals surface area contributed by atoms with E-state index in [4.69, 9.17) is 4.74 Å². The molecular weight excluding hydrogens is 695 g/mol. The number of carbonyl (C=O) groups excluding carboxylic acids is 2. The molecular formula is C29H24BrIN2O5S. The average molecular weight is 719 g/mol. The maximum atomic E-state index is 13.5. The van der Waals surface area contributed by atoms with Gasteiger partial charge in [-0.2, -0.15) is 0 Å². The normalized spacial score (nSPS) is 11.9. The molecule has 1 unspecified atom stereocenters. The molecule has 10 heteroatoms. The smallest absolute Gasteiger partial charge is 0.307 e. The summed E-state index contributed by atoms with van der Waals surface area (Å²) >= 11 is 5.35. The minimum absolute atomic E-state index is 0.0534. The van der Waals surface area contributed by atoms with Crippen LogP contribution in [0, 0.1) is 3.57 Å². The first-order valence-corrected chi connectivity index (χ1v) is 15.1. The van der Waals surface area contributed by atoms with Crippen molar-refractivity contribution in [2.75, 3.05) is 11.8 Å². The third-order valence-corrected chi connectivity index (χ3v) is 8.50. The molecule has 1 atom stereocenters. The fourth-order valence-corrected chi connectivity index (χ4v) is 5.72. The Labute approximate surface area is 249 Å². The van der Waals surface area contributed by atoms with Crippen LogP contribution in [0.4, 0.5) is 5.69 Å². The Bertz CT molecular complexity index is 1580. The van der Waals surface area contributed by atoms with Crippen molar-refractivity contribution in [3.05, 3.63) is 116 Å². The van der Waals surface area contributed by atoms with Gasteiger partial charge in [0.15, 0.2) is 0 Å². The zero-order valence-corrected chi connectivity index (χ0v) is 25.3. The maximum Gasteiger partial charge on any atom is 0.307 e. The Hall–Kier alpha value is -3.22. The van der Waals surface area contributed by atoms with Gasteiger partial charge in [0, 0.05) is 8.04 Å². The lowest BCUT2D eigenvalue weighted by atomic mass is 9.98. The second kappa shape index (κ2) is 12.8. The lowest BCUT2D eigenvalue weighted by molar-refractivity contribution is -0.141. The SMILES string of the molecule is COC(=O)CC(NC(=O)c1cc(I)ccc1NS(=O)(=O)c1ccc(Br)cc1)c1ccc(-c2ccccc2)cc1. The third-order valence-electron chi connectivity index (χ3n) is 5.92. The number of hydrogen-bond donors (Lipinski definition) is 2. The Kier molecular flexibility index (Phi) is 9.41. The minimum atomic E-state index is -3.96. The molecule has 4 aromatic carbocycles. The van der Waals surface area contributed by atoms with Crippen molar-refractivity contribution in [3.63, 3.8) is 0 Å². The molecule has 0 aliphatic carbocycles. The number of anilines is 1. The Morgan fingerprint density at radius 2 is 1.54 bits per heavy atom. The van der Waals surface area contributed by atoms with Crippen LogP contribution in [-0.2, 0) is 19.6 Å². The monoisotopic (exact) mass is 718 g/mol. The van der Waals surface area contributed by atoms with Gasteiger partial charge in [-0.3, -0.25) is 14.3 Å². The average Bonchev–Trinajstić information content (AvgIpc) is 2.94. The lowest BCUT2D eigenvalue weighted by Gasteiger charge is -2.20. The summed E-state index contributed by atoms with van der Waals surface area (Å²) < 4.78 is 34.9. The zero-order valence-electron chi connectivity index (χ0n) is 20.7. The lowest BCUT2D eigenvalue weighted by Crippen LogP contribution is -2.31. The molecule has 0 saturated carbocycles. The molecule has 0 spiro atoms. The van der Waals surface area contributed by atoms with Crippen molar-refractivity contribution >= 4 is 66.1 Å². The molecule has 0 aromatic heterocycles. The summed E-state index contributed by atoms with van der Waals surface area (Å²) in [7, 11) is -2.68. The van der Waals surface area contributed by atoms with E-state index >= 15 is 0 Å². The van der Waals surface area contributed by atoms with E-state index < -0.39 is 27.9 Å². The molecule has 0 fully saturated rings. The Morgan fingerprint density at radius 1 is 0.897 bits per heavy atom. The summed E-state index contributed by atoms with van der Waals surface area (Å²) in [4.78, 5) is 25.8. The van der Waals surface area contributed by atoms with Crippen molar-refractivity contribution in [2.24, 2.45) is 0 Å². The van der Waals surface area contributed by atoms with Crippen LogP contribution in [0.2, 0.25) is 0 Å². The second-order valence-electron chi connectivity index (χ2n) is 8.54. The highest BCUT2D eigenvalue weighted by molar-refractivity contribution is 14.1. The van der Waals surface area contributed by atoms with E-state index in [9.17, 15) is 18.0 Å².